The summed E-state index contributed by atoms with van der Waals surface area (Å²) in [6.45, 7) is 2.90. The van der Waals surface area contributed by atoms with Crippen LogP contribution in [0.1, 0.15) is 45.3 Å². The van der Waals surface area contributed by atoms with Crippen LogP contribution in [0.2, 0.25) is 0 Å². The third-order valence-electron chi connectivity index (χ3n) is 12.5. The molecule has 368 valence electrons. The SMILES string of the molecule is C[C@@H](O)[C@@H]1NC(=O)[C@H]([C@H](O)[C@@H](O)c2ccc(O)cc2)NC(=O)[C@@H]2C[C@@H](O)CN2C(=O)[C@H]([C@@H](C)O)NC(=O)[C@@H](Nc2ccc(-c3ccccc3)cc2)C[C@@H](O)[C@@H](O)NC(=O)[C@@H]2[C@@H](O)[C@@H](C)CN2C1=O. The number of rotatable bonds is 8. The maximum Gasteiger partial charge on any atom is 0.248 e. The Labute approximate surface area is 390 Å². The predicted octanol–water partition coefficient (Wildman–Crippen LogP) is -3.48. The van der Waals surface area contributed by atoms with Crippen molar-refractivity contribution in [1.29, 1.82) is 0 Å². The highest BCUT2D eigenvalue weighted by molar-refractivity contribution is 5.98. The number of nitrogens with one attached hydrogen (secondary N) is 5. The van der Waals surface area contributed by atoms with E-state index in [0.717, 1.165) is 34.8 Å². The van der Waals surface area contributed by atoms with Crippen molar-refractivity contribution in [2.24, 2.45) is 5.92 Å². The van der Waals surface area contributed by atoms with E-state index in [1.54, 1.807) is 24.3 Å². The highest BCUT2D eigenvalue weighted by Gasteiger charge is 2.50. The Morgan fingerprint density at radius 3 is 1.78 bits per heavy atom. The summed E-state index contributed by atoms with van der Waals surface area (Å²) in [6.07, 6.45) is -15.9. The summed E-state index contributed by atoms with van der Waals surface area (Å²) in [5.41, 5.74) is 1.96. The topological polar surface area (TPSA) is 351 Å². The molecule has 14 N–H and O–H groups in total. The third kappa shape index (κ3) is 11.5. The first-order valence-electron chi connectivity index (χ1n) is 22.1. The molecule has 0 aliphatic carbocycles. The van der Waals surface area contributed by atoms with E-state index in [1.807, 2.05) is 30.3 Å². The lowest BCUT2D eigenvalue weighted by atomic mass is 9.96. The Hall–Kier alpha value is -6.24. The first-order chi connectivity index (χ1) is 32.2. The van der Waals surface area contributed by atoms with Crippen molar-refractivity contribution in [3.8, 4) is 16.9 Å². The Balaban J connectivity index is 1.40. The number of amides is 6. The maximum atomic E-state index is 14.3. The van der Waals surface area contributed by atoms with E-state index in [0.29, 0.717) is 5.69 Å². The minimum atomic E-state index is -2.26. The molecule has 3 aliphatic rings. The van der Waals surface area contributed by atoms with Crippen LogP contribution in [0.4, 0.5) is 5.69 Å². The number of anilines is 1. The molecule has 0 radical (unpaired) electrons. The van der Waals surface area contributed by atoms with Gasteiger partial charge in [0.1, 0.15) is 60.3 Å². The van der Waals surface area contributed by atoms with Crippen LogP contribution in [0.25, 0.3) is 11.1 Å². The molecule has 0 bridgehead atoms. The molecule has 15 atom stereocenters. The summed E-state index contributed by atoms with van der Waals surface area (Å²) in [5, 5.41) is 111. The fourth-order valence-corrected chi connectivity index (χ4v) is 8.61. The van der Waals surface area contributed by atoms with Gasteiger partial charge in [-0.15, -0.1) is 0 Å². The van der Waals surface area contributed by atoms with Crippen LogP contribution in [0, 0.1) is 5.92 Å². The number of hydrogen-bond acceptors (Lipinski definition) is 16. The van der Waals surface area contributed by atoms with Crippen molar-refractivity contribution in [3.63, 3.8) is 0 Å². The average molecular weight is 950 g/mol. The molecule has 0 unspecified atom stereocenters. The minimum absolute atomic E-state index is 0.0512. The van der Waals surface area contributed by atoms with Gasteiger partial charge in [-0.05, 0) is 54.8 Å². The first-order valence-corrected chi connectivity index (χ1v) is 22.1. The summed E-state index contributed by atoms with van der Waals surface area (Å²) >= 11 is 0. The van der Waals surface area contributed by atoms with Gasteiger partial charge in [0.25, 0.3) is 0 Å². The molecule has 3 aromatic carbocycles. The fourth-order valence-electron chi connectivity index (χ4n) is 8.61. The summed E-state index contributed by atoms with van der Waals surface area (Å²) in [4.78, 5) is 86.9. The van der Waals surface area contributed by atoms with Crippen molar-refractivity contribution in [2.45, 2.75) is 119 Å². The molecule has 22 nitrogen and oxygen atoms in total. The van der Waals surface area contributed by atoms with Crippen molar-refractivity contribution in [1.82, 2.24) is 31.1 Å². The molecule has 6 amide bonds. The van der Waals surface area contributed by atoms with Crippen molar-refractivity contribution in [2.75, 3.05) is 18.4 Å². The monoisotopic (exact) mass is 949 g/mol. The van der Waals surface area contributed by atoms with Crippen LogP contribution in [0.5, 0.6) is 5.75 Å². The van der Waals surface area contributed by atoms with Crippen LogP contribution in [0.3, 0.4) is 0 Å². The van der Waals surface area contributed by atoms with Crippen molar-refractivity contribution < 1.29 is 74.7 Å². The molecule has 3 fully saturated rings. The molecule has 3 heterocycles. The van der Waals surface area contributed by atoms with Crippen LogP contribution < -0.4 is 26.6 Å². The van der Waals surface area contributed by atoms with Gasteiger partial charge >= 0.3 is 0 Å². The lowest BCUT2D eigenvalue weighted by molar-refractivity contribution is -0.148. The molecular formula is C46H59N7O15. The standard InChI is InChI=1S/C46H59N7O15/c1-21-19-53-36(37(21)59)44(66)51-42(64)32(58)18-30(47-27-13-9-25(10-14-27)24-7-5-4-6-8-24)40(62)48-33(22(2)54)45(67)52-20-29(57)17-31(52)41(63)50-35(43(65)49-34(23(3)55)46(53)68)39(61)38(60)26-11-15-28(56)16-12-26/h4-16,21-23,29-39,42,47,54-61,64H,17-20H2,1-3H3,(H,48,62)(H,49,65)(H,50,63)(H,51,66)/t21-,22+,23+,29+,30-,31-,32+,33-,34-,35-,36-,37-,38-,39-,42+/m0/s1. The zero-order chi connectivity index (χ0) is 49.7. The average Bonchev–Trinajstić information content (AvgIpc) is 3.85. The number of carbonyl (C=O) groups is 6. The van der Waals surface area contributed by atoms with Crippen LogP contribution >= 0.6 is 0 Å². The third-order valence-corrected chi connectivity index (χ3v) is 12.5. The van der Waals surface area contributed by atoms with Crippen LogP contribution in [0.15, 0.2) is 78.9 Å². The number of aliphatic hydroxyl groups is 8. The van der Waals surface area contributed by atoms with E-state index in [-0.39, 0.29) is 17.9 Å². The largest absolute Gasteiger partial charge is 0.508 e. The summed E-state index contributed by atoms with van der Waals surface area (Å²) in [6, 6.07) is 9.82. The summed E-state index contributed by atoms with van der Waals surface area (Å²) in [7, 11) is 0. The van der Waals surface area contributed by atoms with E-state index in [4.69, 9.17) is 0 Å². The van der Waals surface area contributed by atoms with E-state index in [1.165, 1.54) is 31.2 Å². The second-order valence-electron chi connectivity index (χ2n) is 17.7. The van der Waals surface area contributed by atoms with E-state index in [9.17, 15) is 74.7 Å². The highest BCUT2D eigenvalue weighted by Crippen LogP contribution is 2.28. The second kappa shape index (κ2) is 21.8. The smallest absolute Gasteiger partial charge is 0.248 e. The Morgan fingerprint density at radius 1 is 0.618 bits per heavy atom. The summed E-state index contributed by atoms with van der Waals surface area (Å²) in [5.74, 6) is -8.02. The number of hydrogen-bond donors (Lipinski definition) is 14. The van der Waals surface area contributed by atoms with Crippen LogP contribution in [-0.4, -0.2) is 183 Å². The number of carbonyl (C=O) groups excluding carboxylic acids is 6. The van der Waals surface area contributed by atoms with Gasteiger partial charge < -0.3 is 82.3 Å². The van der Waals surface area contributed by atoms with Gasteiger partial charge in [-0.1, -0.05) is 61.5 Å². The Kier molecular flexibility index (Phi) is 16.4. The molecule has 3 saturated heterocycles. The number of phenolic OH excluding ortho intramolecular Hbond substituents is 1. The zero-order valence-corrected chi connectivity index (χ0v) is 37.4. The Morgan fingerprint density at radius 2 is 1.18 bits per heavy atom. The maximum absolute atomic E-state index is 14.3. The number of aromatic hydroxyl groups is 1. The van der Waals surface area contributed by atoms with Gasteiger partial charge in [0.2, 0.25) is 35.4 Å². The molecule has 68 heavy (non-hydrogen) atoms. The van der Waals surface area contributed by atoms with E-state index < -0.39 is 146 Å². The molecule has 22 heteroatoms. The lowest BCUT2D eigenvalue weighted by Gasteiger charge is -2.34. The molecule has 6 rings (SSSR count). The predicted molar refractivity (Wildman–Crippen MR) is 239 cm³/mol. The van der Waals surface area contributed by atoms with E-state index in [2.05, 4.69) is 26.6 Å². The van der Waals surface area contributed by atoms with Crippen LogP contribution in [-0.2, 0) is 28.8 Å². The first kappa shape index (κ1) is 51.2. The number of nitrogens with zero attached hydrogens (tertiary/aromatic N) is 2. The van der Waals surface area contributed by atoms with E-state index >= 15 is 0 Å². The molecule has 0 spiro atoms. The van der Waals surface area contributed by atoms with Gasteiger partial charge in [-0.25, -0.2) is 0 Å². The number of benzene rings is 3. The normalized spacial score (nSPS) is 30.9. The molecule has 0 aromatic heterocycles. The van der Waals surface area contributed by atoms with Crippen molar-refractivity contribution >= 4 is 41.1 Å². The Bertz CT molecular complexity index is 2270. The quantitative estimate of drug-likeness (QED) is 0.104. The highest BCUT2D eigenvalue weighted by atomic mass is 16.3. The van der Waals surface area contributed by atoms with Gasteiger partial charge in [-0.2, -0.15) is 0 Å². The molecule has 0 saturated carbocycles. The second-order valence-corrected chi connectivity index (χ2v) is 17.7. The lowest BCUT2D eigenvalue weighted by Crippen LogP contribution is -2.64. The number of phenols is 1. The zero-order valence-electron chi connectivity index (χ0n) is 37.4. The van der Waals surface area contributed by atoms with Gasteiger partial charge in [0, 0.05) is 37.5 Å². The minimum Gasteiger partial charge on any atom is -0.508 e. The molecule has 3 aromatic rings. The number of aliphatic hydroxyl groups excluding tert-OH is 8. The van der Waals surface area contributed by atoms with Gasteiger partial charge in [-0.3, -0.25) is 28.8 Å². The van der Waals surface area contributed by atoms with Gasteiger partial charge in [0.05, 0.1) is 24.4 Å². The summed E-state index contributed by atoms with van der Waals surface area (Å²) < 4.78 is 0. The fraction of sp³-hybridized carbons (Fsp3) is 0.478. The number of fused-ring (bicyclic) bond motifs is 2. The van der Waals surface area contributed by atoms with Crippen molar-refractivity contribution in [3.05, 3.63) is 84.4 Å². The molecular weight excluding hydrogens is 891 g/mol. The molecule has 3 aliphatic heterocycles. The van der Waals surface area contributed by atoms with Gasteiger partial charge in [0.15, 0.2) is 6.23 Å².